The van der Waals surface area contributed by atoms with Crippen LogP contribution >= 0.6 is 0 Å². The summed E-state index contributed by atoms with van der Waals surface area (Å²) in [5, 5.41) is 0. The van der Waals surface area contributed by atoms with Gasteiger partial charge in [-0.15, -0.1) is 0 Å². The molecule has 1 atom stereocenters. The van der Waals surface area contributed by atoms with Crippen LogP contribution in [0.3, 0.4) is 0 Å². The maximum Gasteiger partial charge on any atom is -0.0323 e. The summed E-state index contributed by atoms with van der Waals surface area (Å²) in [7, 11) is 0. The Balaban J connectivity index is 3.28. The fraction of sp³-hybridized carbons (Fsp3) is 0.900. The molecule has 20 heavy (non-hydrogen) atoms. The SMILES string of the molecule is C=C(CCCCCCCC)CCCCC(C)CCCC. The second kappa shape index (κ2) is 15.1. The molecule has 0 amide bonds. The molecule has 0 aliphatic carbocycles. The molecule has 0 N–H and O–H groups in total. The van der Waals surface area contributed by atoms with Crippen molar-refractivity contribution in [2.45, 2.75) is 111 Å². The summed E-state index contributed by atoms with van der Waals surface area (Å²) in [5.74, 6) is 0.932. The van der Waals surface area contributed by atoms with Crippen LogP contribution in [0.1, 0.15) is 111 Å². The first-order chi connectivity index (χ1) is 9.70. The van der Waals surface area contributed by atoms with Gasteiger partial charge in [-0.2, -0.15) is 0 Å². The first-order valence-corrected chi connectivity index (χ1v) is 9.37. The van der Waals surface area contributed by atoms with Gasteiger partial charge in [0.1, 0.15) is 0 Å². The molecular weight excluding hydrogens is 240 g/mol. The molecule has 0 saturated carbocycles. The summed E-state index contributed by atoms with van der Waals surface area (Å²) in [4.78, 5) is 0. The van der Waals surface area contributed by atoms with Crippen LogP contribution in [-0.2, 0) is 0 Å². The predicted molar refractivity (Wildman–Crippen MR) is 94.3 cm³/mol. The minimum Gasteiger partial charge on any atom is -0.0999 e. The maximum atomic E-state index is 4.25. The minimum absolute atomic E-state index is 0.932. The molecule has 0 heterocycles. The predicted octanol–water partition coefficient (Wildman–Crippen LogP) is 7.68. The molecule has 0 aromatic heterocycles. The zero-order chi connectivity index (χ0) is 15.1. The van der Waals surface area contributed by atoms with Crippen molar-refractivity contribution in [3.8, 4) is 0 Å². The van der Waals surface area contributed by atoms with Gasteiger partial charge in [-0.3, -0.25) is 0 Å². The van der Waals surface area contributed by atoms with E-state index in [2.05, 4.69) is 27.4 Å². The molecule has 0 aliphatic heterocycles. The first kappa shape index (κ1) is 19.7. The van der Waals surface area contributed by atoms with Gasteiger partial charge < -0.3 is 0 Å². The topological polar surface area (TPSA) is 0 Å². The van der Waals surface area contributed by atoms with Gasteiger partial charge in [0.2, 0.25) is 0 Å². The molecule has 0 bridgehead atoms. The van der Waals surface area contributed by atoms with Crippen molar-refractivity contribution in [3.63, 3.8) is 0 Å². The van der Waals surface area contributed by atoms with Crippen molar-refractivity contribution >= 4 is 0 Å². The van der Waals surface area contributed by atoms with Crippen molar-refractivity contribution in [1.29, 1.82) is 0 Å². The van der Waals surface area contributed by atoms with Crippen LogP contribution < -0.4 is 0 Å². The lowest BCUT2D eigenvalue weighted by Crippen LogP contribution is -1.95. The molecule has 0 saturated heterocycles. The van der Waals surface area contributed by atoms with Gasteiger partial charge >= 0.3 is 0 Å². The van der Waals surface area contributed by atoms with E-state index < -0.39 is 0 Å². The Morgan fingerprint density at radius 2 is 1.20 bits per heavy atom. The van der Waals surface area contributed by atoms with E-state index in [0.29, 0.717) is 0 Å². The Labute approximate surface area is 129 Å². The van der Waals surface area contributed by atoms with Crippen molar-refractivity contribution in [2.75, 3.05) is 0 Å². The first-order valence-electron chi connectivity index (χ1n) is 9.37. The van der Waals surface area contributed by atoms with Crippen LogP contribution in [0.25, 0.3) is 0 Å². The molecule has 0 heteroatoms. The summed E-state index contributed by atoms with van der Waals surface area (Å²) in [6.45, 7) is 11.2. The van der Waals surface area contributed by atoms with E-state index >= 15 is 0 Å². The number of unbranched alkanes of at least 4 members (excludes halogenated alkanes) is 7. The minimum atomic E-state index is 0.932. The fourth-order valence-electron chi connectivity index (χ4n) is 2.85. The van der Waals surface area contributed by atoms with Crippen molar-refractivity contribution in [3.05, 3.63) is 12.2 Å². The van der Waals surface area contributed by atoms with Gasteiger partial charge in [0.05, 0.1) is 0 Å². The summed E-state index contributed by atoms with van der Waals surface area (Å²) < 4.78 is 0. The van der Waals surface area contributed by atoms with Crippen LogP contribution in [0.2, 0.25) is 0 Å². The number of rotatable bonds is 15. The Kier molecular flexibility index (Phi) is 14.9. The van der Waals surface area contributed by atoms with Gasteiger partial charge in [0.15, 0.2) is 0 Å². The molecular formula is C20H40. The Morgan fingerprint density at radius 3 is 1.85 bits per heavy atom. The van der Waals surface area contributed by atoms with E-state index in [4.69, 9.17) is 0 Å². The van der Waals surface area contributed by atoms with Gasteiger partial charge in [0, 0.05) is 0 Å². The molecule has 120 valence electrons. The van der Waals surface area contributed by atoms with E-state index in [1.54, 1.807) is 0 Å². The van der Waals surface area contributed by atoms with Gasteiger partial charge in [-0.25, -0.2) is 0 Å². The summed E-state index contributed by atoms with van der Waals surface area (Å²) in [5.41, 5.74) is 1.50. The Hall–Kier alpha value is -0.260. The smallest absolute Gasteiger partial charge is 0.0323 e. The Morgan fingerprint density at radius 1 is 0.700 bits per heavy atom. The van der Waals surface area contributed by atoms with Crippen molar-refractivity contribution < 1.29 is 0 Å². The largest absolute Gasteiger partial charge is 0.0999 e. The molecule has 0 aromatic carbocycles. The molecule has 0 nitrogen and oxygen atoms in total. The monoisotopic (exact) mass is 280 g/mol. The highest BCUT2D eigenvalue weighted by molar-refractivity contribution is 4.93. The third kappa shape index (κ3) is 14.2. The third-order valence-corrected chi connectivity index (χ3v) is 4.41. The molecule has 1 unspecified atom stereocenters. The van der Waals surface area contributed by atoms with Crippen LogP contribution in [0, 0.1) is 5.92 Å². The third-order valence-electron chi connectivity index (χ3n) is 4.41. The standard InChI is InChI=1S/C20H40/c1-5-7-9-10-11-12-16-20(4)18-14-13-17-19(3)15-8-6-2/h19H,4-18H2,1-3H3. The highest BCUT2D eigenvalue weighted by Gasteiger charge is 2.02. The lowest BCUT2D eigenvalue weighted by Gasteiger charge is -2.11. The van der Waals surface area contributed by atoms with Crippen molar-refractivity contribution in [1.82, 2.24) is 0 Å². The van der Waals surface area contributed by atoms with Gasteiger partial charge in [-0.1, -0.05) is 97.1 Å². The van der Waals surface area contributed by atoms with Gasteiger partial charge in [-0.05, 0) is 31.6 Å². The average Bonchev–Trinajstić information content (AvgIpc) is 2.45. The van der Waals surface area contributed by atoms with Crippen LogP contribution in [0.5, 0.6) is 0 Å². The zero-order valence-electron chi connectivity index (χ0n) is 14.7. The number of allylic oxidation sites excluding steroid dienone is 1. The van der Waals surface area contributed by atoms with Crippen LogP contribution in [-0.4, -0.2) is 0 Å². The van der Waals surface area contributed by atoms with E-state index in [1.165, 1.54) is 95.5 Å². The average molecular weight is 281 g/mol. The summed E-state index contributed by atoms with van der Waals surface area (Å²) in [6.07, 6.45) is 19.3. The van der Waals surface area contributed by atoms with Crippen LogP contribution in [0.15, 0.2) is 12.2 Å². The molecule has 0 fully saturated rings. The second-order valence-corrected chi connectivity index (χ2v) is 6.76. The number of hydrogen-bond donors (Lipinski definition) is 0. The molecule has 0 aliphatic rings. The van der Waals surface area contributed by atoms with Crippen LogP contribution in [0.4, 0.5) is 0 Å². The second-order valence-electron chi connectivity index (χ2n) is 6.76. The molecule has 0 radical (unpaired) electrons. The van der Waals surface area contributed by atoms with Gasteiger partial charge in [0.25, 0.3) is 0 Å². The summed E-state index contributed by atoms with van der Waals surface area (Å²) in [6, 6.07) is 0. The Bertz CT molecular complexity index is 204. The lowest BCUT2D eigenvalue weighted by atomic mass is 9.96. The highest BCUT2D eigenvalue weighted by Crippen LogP contribution is 2.19. The lowest BCUT2D eigenvalue weighted by molar-refractivity contribution is 0.448. The number of hydrogen-bond acceptors (Lipinski definition) is 0. The molecule has 0 spiro atoms. The molecule has 0 aromatic rings. The maximum absolute atomic E-state index is 4.25. The fourth-order valence-corrected chi connectivity index (χ4v) is 2.85. The quantitative estimate of drug-likeness (QED) is 0.213. The van der Waals surface area contributed by atoms with Crippen molar-refractivity contribution in [2.24, 2.45) is 5.92 Å². The molecule has 0 rings (SSSR count). The zero-order valence-corrected chi connectivity index (χ0v) is 14.7. The van der Waals surface area contributed by atoms with E-state index in [-0.39, 0.29) is 0 Å². The summed E-state index contributed by atoms with van der Waals surface area (Å²) >= 11 is 0. The van der Waals surface area contributed by atoms with E-state index in [9.17, 15) is 0 Å². The normalized spacial score (nSPS) is 12.6. The van der Waals surface area contributed by atoms with E-state index in [1.807, 2.05) is 0 Å². The highest BCUT2D eigenvalue weighted by atomic mass is 14.1. The van der Waals surface area contributed by atoms with E-state index in [0.717, 1.165) is 5.92 Å².